The third kappa shape index (κ3) is 5.70. The van der Waals surface area contributed by atoms with E-state index in [1.165, 1.54) is 11.6 Å². The van der Waals surface area contributed by atoms with Gasteiger partial charge in [0.1, 0.15) is 24.3 Å². The molecule has 1 atom stereocenters. The number of hydrogen-bond donors (Lipinski definition) is 3. The monoisotopic (exact) mass is 376 g/mol. The molecule has 0 aliphatic heterocycles. The van der Waals surface area contributed by atoms with Gasteiger partial charge in [-0.1, -0.05) is 18.2 Å². The largest absolute Gasteiger partial charge is 0.491 e. The molecule has 3 N–H and O–H groups in total. The summed E-state index contributed by atoms with van der Waals surface area (Å²) in [6.45, 7) is 3.64. The molecule has 1 aromatic carbocycles. The van der Waals surface area contributed by atoms with Crippen LogP contribution in [0.15, 0.2) is 39.9 Å². The lowest BCUT2D eigenvalue weighted by atomic mass is 10.3. The minimum Gasteiger partial charge on any atom is -0.491 e. The molecule has 0 bridgehead atoms. The van der Waals surface area contributed by atoms with Gasteiger partial charge >= 0.3 is 5.69 Å². The fourth-order valence-electron chi connectivity index (χ4n) is 2.72. The Morgan fingerprint density at radius 3 is 2.52 bits per heavy atom. The van der Waals surface area contributed by atoms with Crippen LogP contribution in [0.3, 0.4) is 0 Å². The van der Waals surface area contributed by atoms with Gasteiger partial charge in [-0.3, -0.25) is 13.9 Å². The van der Waals surface area contributed by atoms with Crippen LogP contribution in [0.1, 0.15) is 12.0 Å². The molecule has 8 nitrogen and oxygen atoms in total. The summed E-state index contributed by atoms with van der Waals surface area (Å²) in [4.78, 5) is 24.0. The number of nitrogens with one attached hydrogen (secondary N) is 2. The molecule has 0 aliphatic carbocycles. The number of aliphatic hydroxyl groups is 1. The van der Waals surface area contributed by atoms with Crippen molar-refractivity contribution in [3.63, 3.8) is 0 Å². The van der Waals surface area contributed by atoms with E-state index in [1.54, 1.807) is 14.0 Å². The van der Waals surface area contributed by atoms with E-state index in [1.807, 2.05) is 30.3 Å². The highest BCUT2D eigenvalue weighted by Crippen LogP contribution is 2.08. The van der Waals surface area contributed by atoms with Crippen molar-refractivity contribution in [3.05, 3.63) is 56.7 Å². The Hall–Kier alpha value is -2.58. The number of benzene rings is 1. The molecule has 8 heteroatoms. The van der Waals surface area contributed by atoms with Gasteiger partial charge in [0.25, 0.3) is 5.56 Å². The van der Waals surface area contributed by atoms with E-state index in [0.717, 1.165) is 16.7 Å². The van der Waals surface area contributed by atoms with E-state index in [9.17, 15) is 14.7 Å². The number of hydrogen-bond acceptors (Lipinski definition) is 6. The maximum atomic E-state index is 12.0. The van der Waals surface area contributed by atoms with Gasteiger partial charge in [0, 0.05) is 27.2 Å². The van der Waals surface area contributed by atoms with Crippen molar-refractivity contribution in [2.24, 2.45) is 14.1 Å². The molecule has 2 aromatic rings. The zero-order chi connectivity index (χ0) is 19.8. The Morgan fingerprint density at radius 1 is 1.11 bits per heavy atom. The number of rotatable bonds is 10. The highest BCUT2D eigenvalue weighted by molar-refractivity contribution is 5.42. The summed E-state index contributed by atoms with van der Waals surface area (Å²) >= 11 is 0. The van der Waals surface area contributed by atoms with Gasteiger partial charge in [-0.05, 0) is 32.0 Å². The van der Waals surface area contributed by atoms with Gasteiger partial charge in [-0.25, -0.2) is 4.79 Å². The predicted molar refractivity (Wildman–Crippen MR) is 106 cm³/mol. The second kappa shape index (κ2) is 9.94. The van der Waals surface area contributed by atoms with E-state index in [0.29, 0.717) is 31.0 Å². The standard InChI is InChI=1S/C19H28N4O4/c1-14-17(22(2)19(26)23(3)18(14)25)21-11-7-10-20-12-15(24)13-27-16-8-5-4-6-9-16/h4-6,8-9,15,20-21,24H,7,10-13H2,1-3H3. The van der Waals surface area contributed by atoms with Gasteiger partial charge in [-0.15, -0.1) is 0 Å². The summed E-state index contributed by atoms with van der Waals surface area (Å²) in [5.41, 5.74) is -0.130. The van der Waals surface area contributed by atoms with Crippen LogP contribution in [0.4, 0.5) is 5.82 Å². The van der Waals surface area contributed by atoms with Crippen LogP contribution < -0.4 is 26.6 Å². The predicted octanol–water partition coefficient (Wildman–Crippen LogP) is 0.224. The molecule has 0 saturated heterocycles. The number of para-hydroxylation sites is 1. The normalized spacial score (nSPS) is 12.0. The smallest absolute Gasteiger partial charge is 0.332 e. The van der Waals surface area contributed by atoms with E-state index in [4.69, 9.17) is 4.74 Å². The molecule has 0 spiro atoms. The summed E-state index contributed by atoms with van der Waals surface area (Å²) in [6.07, 6.45) is 0.174. The van der Waals surface area contributed by atoms with Crippen molar-refractivity contribution < 1.29 is 9.84 Å². The molecule has 0 saturated carbocycles. The molecule has 0 amide bonds. The molecule has 1 heterocycles. The summed E-state index contributed by atoms with van der Waals surface area (Å²) in [6, 6.07) is 9.36. The van der Waals surface area contributed by atoms with Gasteiger partial charge in [0.05, 0.1) is 5.56 Å². The summed E-state index contributed by atoms with van der Waals surface area (Å²) in [5, 5.41) is 16.2. The van der Waals surface area contributed by atoms with Crippen molar-refractivity contribution in [2.75, 3.05) is 31.6 Å². The minimum absolute atomic E-state index is 0.226. The second-order valence-electron chi connectivity index (χ2n) is 6.44. The first-order valence-corrected chi connectivity index (χ1v) is 8.99. The Morgan fingerprint density at radius 2 is 1.81 bits per heavy atom. The number of ether oxygens (including phenoxy) is 1. The molecular formula is C19H28N4O4. The van der Waals surface area contributed by atoms with Crippen molar-refractivity contribution in [1.82, 2.24) is 14.5 Å². The van der Waals surface area contributed by atoms with Crippen LogP contribution in [0.25, 0.3) is 0 Å². The molecule has 1 unspecified atom stereocenters. The van der Waals surface area contributed by atoms with Crippen LogP contribution >= 0.6 is 0 Å². The van der Waals surface area contributed by atoms with Crippen molar-refractivity contribution in [3.8, 4) is 5.75 Å². The lowest BCUT2D eigenvalue weighted by Crippen LogP contribution is -2.39. The SMILES string of the molecule is Cc1c(NCCCNCC(O)COc2ccccc2)n(C)c(=O)n(C)c1=O. The number of aliphatic hydroxyl groups excluding tert-OH is 1. The fourth-order valence-corrected chi connectivity index (χ4v) is 2.72. The van der Waals surface area contributed by atoms with Crippen LogP contribution in [0.5, 0.6) is 5.75 Å². The Labute approximate surface area is 158 Å². The molecule has 148 valence electrons. The second-order valence-corrected chi connectivity index (χ2v) is 6.44. The molecule has 0 aliphatic rings. The zero-order valence-corrected chi connectivity index (χ0v) is 16.1. The number of aromatic nitrogens is 2. The first-order chi connectivity index (χ1) is 12.9. The minimum atomic E-state index is -0.599. The van der Waals surface area contributed by atoms with E-state index in [2.05, 4.69) is 10.6 Å². The Balaban J connectivity index is 1.68. The summed E-state index contributed by atoms with van der Waals surface area (Å²) < 4.78 is 8.03. The lowest BCUT2D eigenvalue weighted by molar-refractivity contribution is 0.106. The average Bonchev–Trinajstić information content (AvgIpc) is 2.69. The van der Waals surface area contributed by atoms with Gasteiger partial charge in [0.2, 0.25) is 0 Å². The lowest BCUT2D eigenvalue weighted by Gasteiger charge is -2.15. The van der Waals surface area contributed by atoms with Crippen molar-refractivity contribution >= 4 is 5.82 Å². The fraction of sp³-hybridized carbons (Fsp3) is 0.474. The summed E-state index contributed by atoms with van der Waals surface area (Å²) in [5.74, 6) is 1.27. The van der Waals surface area contributed by atoms with Crippen LogP contribution in [-0.2, 0) is 14.1 Å². The van der Waals surface area contributed by atoms with E-state index >= 15 is 0 Å². The number of anilines is 1. The molecule has 2 rings (SSSR count). The van der Waals surface area contributed by atoms with Crippen LogP contribution in [0, 0.1) is 6.92 Å². The Kier molecular flexibility index (Phi) is 7.63. The van der Waals surface area contributed by atoms with Crippen molar-refractivity contribution in [2.45, 2.75) is 19.4 Å². The Bertz CT molecular complexity index is 808. The molecule has 0 fully saturated rings. The topological polar surface area (TPSA) is 97.5 Å². The molecule has 1 aromatic heterocycles. The van der Waals surface area contributed by atoms with Crippen LogP contribution in [0.2, 0.25) is 0 Å². The number of nitrogens with zero attached hydrogens (tertiary/aromatic N) is 2. The summed E-state index contributed by atoms with van der Waals surface area (Å²) in [7, 11) is 3.11. The third-order valence-corrected chi connectivity index (χ3v) is 4.28. The van der Waals surface area contributed by atoms with Crippen molar-refractivity contribution in [1.29, 1.82) is 0 Å². The van der Waals surface area contributed by atoms with E-state index in [-0.39, 0.29) is 17.9 Å². The maximum Gasteiger partial charge on any atom is 0.332 e. The molecular weight excluding hydrogens is 348 g/mol. The van der Waals surface area contributed by atoms with Gasteiger partial charge in [-0.2, -0.15) is 0 Å². The van der Waals surface area contributed by atoms with Crippen LogP contribution in [-0.4, -0.2) is 46.6 Å². The molecule has 27 heavy (non-hydrogen) atoms. The van der Waals surface area contributed by atoms with Gasteiger partial charge in [0.15, 0.2) is 0 Å². The van der Waals surface area contributed by atoms with Gasteiger partial charge < -0.3 is 20.5 Å². The third-order valence-electron chi connectivity index (χ3n) is 4.28. The highest BCUT2D eigenvalue weighted by Gasteiger charge is 2.11. The van der Waals surface area contributed by atoms with E-state index < -0.39 is 6.10 Å². The zero-order valence-electron chi connectivity index (χ0n) is 16.1. The maximum absolute atomic E-state index is 12.0. The highest BCUT2D eigenvalue weighted by atomic mass is 16.5. The first kappa shape index (κ1) is 20.7. The average molecular weight is 376 g/mol. The quantitative estimate of drug-likeness (QED) is 0.514. The first-order valence-electron chi connectivity index (χ1n) is 8.99. The molecule has 0 radical (unpaired) electrons.